The van der Waals surface area contributed by atoms with Crippen molar-refractivity contribution in [3.05, 3.63) is 29.8 Å². The third-order valence-electron chi connectivity index (χ3n) is 3.62. The summed E-state index contributed by atoms with van der Waals surface area (Å²) >= 11 is 0. The molecule has 0 aromatic heterocycles. The number of phenols is 1. The van der Waals surface area contributed by atoms with Gasteiger partial charge in [0.2, 0.25) is 0 Å². The summed E-state index contributed by atoms with van der Waals surface area (Å²) in [6.45, 7) is 0. The zero-order valence-electron chi connectivity index (χ0n) is 10.1. The molecule has 0 saturated heterocycles. The number of ketones is 1. The number of carbonyl (C=O) groups excluding carboxylic acids is 1. The smallest absolute Gasteiger partial charge is 0.317 e. The summed E-state index contributed by atoms with van der Waals surface area (Å²) in [5.41, 5.74) is -0.612. The first-order valence-electron chi connectivity index (χ1n) is 6.09. The van der Waals surface area contributed by atoms with Crippen molar-refractivity contribution >= 4 is 11.8 Å². The van der Waals surface area contributed by atoms with Gasteiger partial charge in [0, 0.05) is 6.42 Å². The van der Waals surface area contributed by atoms with Crippen LogP contribution in [-0.2, 0) is 16.0 Å². The van der Waals surface area contributed by atoms with Crippen molar-refractivity contribution in [1.82, 2.24) is 0 Å². The molecule has 0 amide bonds. The lowest BCUT2D eigenvalue weighted by atomic mass is 9.69. The largest absolute Gasteiger partial charge is 0.508 e. The summed E-state index contributed by atoms with van der Waals surface area (Å²) in [5.74, 6) is -1.14. The quantitative estimate of drug-likeness (QED) is 0.804. The van der Waals surface area contributed by atoms with Gasteiger partial charge in [0.1, 0.15) is 11.2 Å². The molecule has 18 heavy (non-hydrogen) atoms. The number of hydrogen-bond acceptors (Lipinski definition) is 3. The third-order valence-corrected chi connectivity index (χ3v) is 3.62. The molecule has 4 nitrogen and oxygen atoms in total. The third kappa shape index (κ3) is 2.23. The van der Waals surface area contributed by atoms with Crippen LogP contribution in [0.1, 0.15) is 31.2 Å². The minimum absolute atomic E-state index is 0.0938. The number of hydrogen-bond donors (Lipinski definition) is 2. The molecule has 1 saturated carbocycles. The van der Waals surface area contributed by atoms with Gasteiger partial charge in [-0.15, -0.1) is 0 Å². The molecular weight excluding hydrogens is 232 g/mol. The van der Waals surface area contributed by atoms with Gasteiger partial charge in [0.15, 0.2) is 5.78 Å². The Hall–Kier alpha value is -1.84. The second-order valence-corrected chi connectivity index (χ2v) is 4.86. The molecule has 1 aliphatic rings. The fraction of sp³-hybridized carbons (Fsp3) is 0.429. The van der Waals surface area contributed by atoms with Gasteiger partial charge >= 0.3 is 5.97 Å². The highest BCUT2D eigenvalue weighted by Gasteiger charge is 2.46. The Morgan fingerprint density at radius 1 is 1.33 bits per heavy atom. The van der Waals surface area contributed by atoms with E-state index in [0.717, 1.165) is 12.8 Å². The first-order valence-corrected chi connectivity index (χ1v) is 6.09. The first kappa shape index (κ1) is 12.6. The monoisotopic (exact) mass is 248 g/mol. The van der Waals surface area contributed by atoms with Crippen LogP contribution in [0, 0.1) is 5.41 Å². The molecular formula is C14H16O4. The van der Waals surface area contributed by atoms with Crippen LogP contribution < -0.4 is 0 Å². The molecule has 0 aliphatic heterocycles. The highest BCUT2D eigenvalue weighted by Crippen LogP contribution is 2.37. The lowest BCUT2D eigenvalue weighted by Gasteiger charge is -2.31. The molecule has 0 bridgehead atoms. The van der Waals surface area contributed by atoms with E-state index < -0.39 is 11.4 Å². The van der Waals surface area contributed by atoms with Crippen molar-refractivity contribution in [2.45, 2.75) is 32.1 Å². The molecule has 1 aromatic carbocycles. The van der Waals surface area contributed by atoms with Gasteiger partial charge in [-0.2, -0.15) is 0 Å². The minimum atomic E-state index is -1.30. The standard InChI is InChI=1S/C14H16O4/c15-11-5-3-4-10(8-11)9-14(13(17)18)7-2-1-6-12(14)16/h3-5,8,15H,1-2,6-7,9H2,(H,17,18). The molecule has 1 atom stereocenters. The lowest BCUT2D eigenvalue weighted by molar-refractivity contribution is -0.157. The predicted octanol–water partition coefficient (Wildman–Crippen LogP) is 2.15. The zero-order chi connectivity index (χ0) is 13.2. The number of aliphatic carboxylic acids is 1. The first-order chi connectivity index (χ1) is 8.54. The highest BCUT2D eigenvalue weighted by atomic mass is 16.4. The van der Waals surface area contributed by atoms with Gasteiger partial charge in [-0.3, -0.25) is 9.59 Å². The Morgan fingerprint density at radius 2 is 2.11 bits per heavy atom. The number of rotatable bonds is 3. The topological polar surface area (TPSA) is 74.6 Å². The van der Waals surface area contributed by atoms with Gasteiger partial charge in [-0.25, -0.2) is 0 Å². The van der Waals surface area contributed by atoms with Crippen LogP contribution in [0.4, 0.5) is 0 Å². The van der Waals surface area contributed by atoms with Crippen molar-refractivity contribution in [2.75, 3.05) is 0 Å². The number of carboxylic acids is 1. The van der Waals surface area contributed by atoms with E-state index in [2.05, 4.69) is 0 Å². The number of aromatic hydroxyl groups is 1. The summed E-state index contributed by atoms with van der Waals surface area (Å²) in [5, 5.41) is 18.8. The van der Waals surface area contributed by atoms with Crippen LogP contribution in [0.15, 0.2) is 24.3 Å². The Labute approximate surface area is 105 Å². The summed E-state index contributed by atoms with van der Waals surface area (Å²) in [4.78, 5) is 23.5. The number of Topliss-reactive ketones (excluding diaryl/α,β-unsaturated/α-hetero) is 1. The Morgan fingerprint density at radius 3 is 2.72 bits per heavy atom. The lowest BCUT2D eigenvalue weighted by Crippen LogP contribution is -2.43. The molecule has 2 N–H and O–H groups in total. The number of phenolic OH excluding ortho intramolecular Hbond substituents is 1. The van der Waals surface area contributed by atoms with Gasteiger partial charge in [-0.05, 0) is 37.0 Å². The predicted molar refractivity (Wildman–Crippen MR) is 65.4 cm³/mol. The fourth-order valence-corrected chi connectivity index (χ4v) is 2.59. The SMILES string of the molecule is O=C(O)C1(Cc2cccc(O)c2)CCCCC1=O. The highest BCUT2D eigenvalue weighted by molar-refractivity contribution is 6.03. The van der Waals surface area contributed by atoms with Gasteiger partial charge in [-0.1, -0.05) is 18.6 Å². The number of benzene rings is 1. The van der Waals surface area contributed by atoms with Crippen LogP contribution in [0.5, 0.6) is 5.75 Å². The van der Waals surface area contributed by atoms with Crippen LogP contribution >= 0.6 is 0 Å². The molecule has 0 heterocycles. The fourth-order valence-electron chi connectivity index (χ4n) is 2.59. The van der Waals surface area contributed by atoms with Gasteiger partial charge in [0.05, 0.1) is 0 Å². The maximum Gasteiger partial charge on any atom is 0.317 e. The summed E-state index contributed by atoms with van der Waals surface area (Å²) < 4.78 is 0. The van der Waals surface area contributed by atoms with Crippen LogP contribution in [0.2, 0.25) is 0 Å². The molecule has 1 fully saturated rings. The molecule has 0 spiro atoms. The second-order valence-electron chi connectivity index (χ2n) is 4.86. The van der Waals surface area contributed by atoms with Crippen LogP contribution in [0.25, 0.3) is 0 Å². The number of carboxylic acid groups (broad SMARTS) is 1. The molecule has 4 heteroatoms. The zero-order valence-corrected chi connectivity index (χ0v) is 10.1. The van der Waals surface area contributed by atoms with E-state index >= 15 is 0 Å². The van der Waals surface area contributed by atoms with E-state index in [9.17, 15) is 19.8 Å². The normalized spacial score (nSPS) is 23.9. The summed E-state index contributed by atoms with van der Waals surface area (Å²) in [6, 6.07) is 6.45. The van der Waals surface area contributed by atoms with Crippen molar-refractivity contribution in [1.29, 1.82) is 0 Å². The molecule has 1 aliphatic carbocycles. The Kier molecular flexibility index (Phi) is 3.36. The van der Waals surface area contributed by atoms with E-state index in [0.29, 0.717) is 18.4 Å². The Balaban J connectivity index is 2.31. The van der Waals surface area contributed by atoms with Crippen molar-refractivity contribution in [3.63, 3.8) is 0 Å². The number of carbonyl (C=O) groups is 2. The molecule has 2 rings (SSSR count). The molecule has 96 valence electrons. The minimum Gasteiger partial charge on any atom is -0.508 e. The van der Waals surface area contributed by atoms with E-state index in [1.807, 2.05) is 0 Å². The summed E-state index contributed by atoms with van der Waals surface area (Å²) in [7, 11) is 0. The van der Waals surface area contributed by atoms with Crippen molar-refractivity contribution in [3.8, 4) is 5.75 Å². The van der Waals surface area contributed by atoms with E-state index in [1.54, 1.807) is 12.1 Å². The van der Waals surface area contributed by atoms with Gasteiger partial charge < -0.3 is 10.2 Å². The second kappa shape index (κ2) is 4.80. The average Bonchev–Trinajstić information content (AvgIpc) is 2.32. The average molecular weight is 248 g/mol. The summed E-state index contributed by atoms with van der Waals surface area (Å²) in [6.07, 6.45) is 2.42. The maximum atomic E-state index is 12.0. The van der Waals surface area contributed by atoms with Crippen LogP contribution in [-0.4, -0.2) is 22.0 Å². The molecule has 1 unspecified atom stereocenters. The van der Waals surface area contributed by atoms with Crippen LogP contribution in [0.3, 0.4) is 0 Å². The Bertz CT molecular complexity index is 480. The molecule has 1 aromatic rings. The van der Waals surface area contributed by atoms with Crippen molar-refractivity contribution in [2.24, 2.45) is 5.41 Å². The maximum absolute atomic E-state index is 12.0. The van der Waals surface area contributed by atoms with E-state index in [-0.39, 0.29) is 18.0 Å². The van der Waals surface area contributed by atoms with E-state index in [1.165, 1.54) is 12.1 Å². The van der Waals surface area contributed by atoms with Crippen molar-refractivity contribution < 1.29 is 19.8 Å². The molecule has 0 radical (unpaired) electrons. The van der Waals surface area contributed by atoms with Gasteiger partial charge in [0.25, 0.3) is 0 Å². The van der Waals surface area contributed by atoms with E-state index in [4.69, 9.17) is 0 Å².